The highest BCUT2D eigenvalue weighted by molar-refractivity contribution is 5.13. The molecule has 4 aliphatic rings. The van der Waals surface area contributed by atoms with Crippen LogP contribution in [0, 0.1) is 52.3 Å². The molecule has 5 nitrogen and oxygen atoms in total. The lowest BCUT2D eigenvalue weighted by Gasteiger charge is -2.62. The van der Waals surface area contributed by atoms with Gasteiger partial charge in [-0.15, -0.1) is 0 Å². The number of aliphatic hydroxyl groups excluding tert-OH is 4. The van der Waals surface area contributed by atoms with Crippen LogP contribution in [0.4, 0.5) is 0 Å². The van der Waals surface area contributed by atoms with Gasteiger partial charge in [-0.1, -0.05) is 34.6 Å². The maximum absolute atomic E-state index is 11.4. The standard InChI is InChI=1S/C28H50O5/c1-16(2)28(33,15-29)11-6-17(3)21-14-24(32)25-19-13-23(31)22-12-18(30)7-9-26(22,4)20(19)8-10-27(21,25)5/h16-25,29-33H,6-15H2,1-5H3/t17-,18+,19-,20+,21-,22-,23+,24-,25-,26-,27-,28-/m1/s1. The zero-order chi connectivity index (χ0) is 24.3. The molecule has 192 valence electrons. The molecule has 4 saturated carbocycles. The van der Waals surface area contributed by atoms with Crippen LogP contribution in [0.3, 0.4) is 0 Å². The Hall–Kier alpha value is -0.200. The fraction of sp³-hybridized carbons (Fsp3) is 1.00. The molecule has 0 aliphatic heterocycles. The second kappa shape index (κ2) is 9.03. The Kier molecular flexibility index (Phi) is 7.08. The molecule has 0 bridgehead atoms. The van der Waals surface area contributed by atoms with E-state index in [2.05, 4.69) is 20.8 Å². The van der Waals surface area contributed by atoms with Crippen LogP contribution in [0.25, 0.3) is 0 Å². The molecule has 4 fully saturated rings. The normalized spacial score (nSPS) is 50.3. The average Bonchev–Trinajstić information content (AvgIpc) is 3.03. The van der Waals surface area contributed by atoms with Gasteiger partial charge in [0.1, 0.15) is 0 Å². The van der Waals surface area contributed by atoms with E-state index < -0.39 is 5.60 Å². The third-order valence-electron chi connectivity index (χ3n) is 11.8. The van der Waals surface area contributed by atoms with Gasteiger partial charge in [-0.2, -0.15) is 0 Å². The van der Waals surface area contributed by atoms with E-state index in [0.29, 0.717) is 36.5 Å². The van der Waals surface area contributed by atoms with E-state index in [4.69, 9.17) is 0 Å². The van der Waals surface area contributed by atoms with E-state index in [1.165, 1.54) is 0 Å². The van der Waals surface area contributed by atoms with Gasteiger partial charge in [0.15, 0.2) is 0 Å². The molecule has 0 amide bonds. The zero-order valence-electron chi connectivity index (χ0n) is 21.6. The number of rotatable bonds is 6. The van der Waals surface area contributed by atoms with Gasteiger partial charge in [-0.05, 0) is 110 Å². The Bertz CT molecular complexity index is 698. The monoisotopic (exact) mass is 466 g/mol. The summed E-state index contributed by atoms with van der Waals surface area (Å²) in [6.07, 6.45) is 6.78. The third-order valence-corrected chi connectivity index (χ3v) is 11.8. The highest BCUT2D eigenvalue weighted by Gasteiger charge is 2.64. The Labute approximate surface area is 201 Å². The van der Waals surface area contributed by atoms with Crippen LogP contribution in [0.15, 0.2) is 0 Å². The second-order valence-electron chi connectivity index (χ2n) is 13.5. The van der Waals surface area contributed by atoms with Crippen LogP contribution in [-0.4, -0.2) is 56.1 Å². The molecule has 4 aliphatic carbocycles. The molecule has 12 atom stereocenters. The fourth-order valence-electron chi connectivity index (χ4n) is 9.50. The maximum atomic E-state index is 11.4. The van der Waals surface area contributed by atoms with E-state index in [-0.39, 0.29) is 53.5 Å². The van der Waals surface area contributed by atoms with Crippen LogP contribution >= 0.6 is 0 Å². The fourth-order valence-corrected chi connectivity index (χ4v) is 9.50. The third kappa shape index (κ3) is 4.12. The van der Waals surface area contributed by atoms with Gasteiger partial charge in [0, 0.05) is 0 Å². The molecule has 0 aromatic rings. The van der Waals surface area contributed by atoms with E-state index in [1.54, 1.807) is 0 Å². The van der Waals surface area contributed by atoms with Crippen molar-refractivity contribution in [1.29, 1.82) is 0 Å². The molecule has 5 N–H and O–H groups in total. The largest absolute Gasteiger partial charge is 0.393 e. The van der Waals surface area contributed by atoms with Crippen molar-refractivity contribution < 1.29 is 25.5 Å². The van der Waals surface area contributed by atoms with E-state index >= 15 is 0 Å². The minimum atomic E-state index is -1.04. The van der Waals surface area contributed by atoms with Crippen LogP contribution < -0.4 is 0 Å². The molecule has 0 saturated heterocycles. The Morgan fingerprint density at radius 2 is 1.55 bits per heavy atom. The first-order valence-electron chi connectivity index (χ1n) is 13.7. The summed E-state index contributed by atoms with van der Waals surface area (Å²) in [6.45, 7) is 10.7. The van der Waals surface area contributed by atoms with E-state index in [1.807, 2.05) is 13.8 Å². The highest BCUT2D eigenvalue weighted by Crippen LogP contribution is 2.68. The van der Waals surface area contributed by atoms with Crippen molar-refractivity contribution in [3.05, 3.63) is 0 Å². The van der Waals surface area contributed by atoms with Gasteiger partial charge in [0.05, 0.1) is 30.5 Å². The van der Waals surface area contributed by atoms with Crippen LogP contribution in [-0.2, 0) is 0 Å². The molecular formula is C28H50O5. The lowest BCUT2D eigenvalue weighted by molar-refractivity contribution is -0.181. The van der Waals surface area contributed by atoms with Crippen molar-refractivity contribution in [3.63, 3.8) is 0 Å². The lowest BCUT2D eigenvalue weighted by atomic mass is 9.43. The van der Waals surface area contributed by atoms with E-state index in [9.17, 15) is 25.5 Å². The van der Waals surface area contributed by atoms with Crippen molar-refractivity contribution in [3.8, 4) is 0 Å². The Morgan fingerprint density at radius 1 is 0.879 bits per heavy atom. The highest BCUT2D eigenvalue weighted by atomic mass is 16.3. The summed E-state index contributed by atoms with van der Waals surface area (Å²) >= 11 is 0. The van der Waals surface area contributed by atoms with E-state index in [0.717, 1.165) is 44.9 Å². The molecule has 4 rings (SSSR count). The topological polar surface area (TPSA) is 101 Å². The molecule has 0 spiro atoms. The summed E-state index contributed by atoms with van der Waals surface area (Å²) in [5.74, 6) is 2.01. The van der Waals surface area contributed by atoms with Crippen molar-refractivity contribution in [2.45, 2.75) is 116 Å². The minimum Gasteiger partial charge on any atom is -0.393 e. The van der Waals surface area contributed by atoms with Gasteiger partial charge < -0.3 is 25.5 Å². The van der Waals surface area contributed by atoms with Gasteiger partial charge in [-0.25, -0.2) is 0 Å². The van der Waals surface area contributed by atoms with Crippen LogP contribution in [0.2, 0.25) is 0 Å². The molecule has 0 aromatic heterocycles. The van der Waals surface area contributed by atoms with Gasteiger partial charge in [0.25, 0.3) is 0 Å². The quantitative estimate of drug-likeness (QED) is 0.410. The number of hydrogen-bond donors (Lipinski definition) is 5. The summed E-state index contributed by atoms with van der Waals surface area (Å²) in [7, 11) is 0. The molecule has 33 heavy (non-hydrogen) atoms. The molecule has 0 radical (unpaired) electrons. The molecule has 5 heteroatoms. The predicted octanol–water partition coefficient (Wildman–Crippen LogP) is 3.74. The van der Waals surface area contributed by atoms with Crippen LogP contribution in [0.1, 0.15) is 92.4 Å². The Morgan fingerprint density at radius 3 is 2.18 bits per heavy atom. The van der Waals surface area contributed by atoms with Gasteiger partial charge in [0.2, 0.25) is 0 Å². The van der Waals surface area contributed by atoms with Crippen molar-refractivity contribution in [2.24, 2.45) is 52.3 Å². The van der Waals surface area contributed by atoms with Gasteiger partial charge in [-0.3, -0.25) is 0 Å². The molecule has 0 unspecified atom stereocenters. The van der Waals surface area contributed by atoms with Crippen molar-refractivity contribution in [1.82, 2.24) is 0 Å². The predicted molar refractivity (Wildman–Crippen MR) is 129 cm³/mol. The number of hydrogen-bond acceptors (Lipinski definition) is 5. The second-order valence-corrected chi connectivity index (χ2v) is 13.5. The summed E-state index contributed by atoms with van der Waals surface area (Å²) in [5, 5.41) is 53.5. The molecular weight excluding hydrogens is 416 g/mol. The van der Waals surface area contributed by atoms with Crippen molar-refractivity contribution >= 4 is 0 Å². The molecule has 0 aromatic carbocycles. The smallest absolute Gasteiger partial charge is 0.0900 e. The SMILES string of the molecule is CC(C)[C@](O)(CO)CC[C@@H](C)[C@H]1C[C@@H](O)[C@H]2[C@@H]3C[C@H](O)[C@H]4C[C@@H](O)CC[C@]4(C)[C@H]3CC[C@@]21C. The average molecular weight is 467 g/mol. The zero-order valence-corrected chi connectivity index (χ0v) is 21.6. The van der Waals surface area contributed by atoms with Gasteiger partial charge >= 0.3 is 0 Å². The summed E-state index contributed by atoms with van der Waals surface area (Å²) < 4.78 is 0. The minimum absolute atomic E-state index is 0.00840. The van der Waals surface area contributed by atoms with Crippen LogP contribution in [0.5, 0.6) is 0 Å². The summed E-state index contributed by atoms with van der Waals surface area (Å²) in [5.41, 5.74) is -0.931. The number of fused-ring (bicyclic) bond motifs is 5. The Balaban J connectivity index is 1.53. The first kappa shape index (κ1) is 25.9. The van der Waals surface area contributed by atoms with Crippen molar-refractivity contribution in [2.75, 3.05) is 6.61 Å². The maximum Gasteiger partial charge on any atom is 0.0900 e. The first-order chi connectivity index (χ1) is 15.4. The molecule has 0 heterocycles. The first-order valence-corrected chi connectivity index (χ1v) is 13.7. The summed E-state index contributed by atoms with van der Waals surface area (Å²) in [6, 6.07) is 0. The summed E-state index contributed by atoms with van der Waals surface area (Å²) in [4.78, 5) is 0. The lowest BCUT2D eigenvalue weighted by Crippen LogP contribution is -2.59. The number of aliphatic hydroxyl groups is 5.